The van der Waals surface area contributed by atoms with E-state index >= 15 is 0 Å². The standard InChI is InChI=1S/C23H25N3O/c1-3-13-24-23(27)26-16-19-9-4-5-11-20(19)25-14-7-12-21(25)22(26)18-10-6-8-17(2)15-18/h4-12,14-15,22H,3,13,16H2,1-2H3,(H,24,27)/t22-/m0/s1. The Bertz CT molecular complexity index is 960. The Kier molecular flexibility index (Phi) is 4.71. The summed E-state index contributed by atoms with van der Waals surface area (Å²) in [5.41, 5.74) is 5.73. The van der Waals surface area contributed by atoms with Gasteiger partial charge in [0.05, 0.1) is 18.3 Å². The van der Waals surface area contributed by atoms with E-state index in [-0.39, 0.29) is 12.1 Å². The molecule has 0 unspecified atom stereocenters. The Labute approximate surface area is 160 Å². The third-order valence-electron chi connectivity index (χ3n) is 5.11. The van der Waals surface area contributed by atoms with Crippen LogP contribution in [0.5, 0.6) is 0 Å². The summed E-state index contributed by atoms with van der Waals surface area (Å²) in [6.45, 7) is 5.42. The lowest BCUT2D eigenvalue weighted by Crippen LogP contribution is -2.42. The molecule has 4 rings (SSSR count). The van der Waals surface area contributed by atoms with Gasteiger partial charge in [-0.1, -0.05) is 55.0 Å². The molecule has 138 valence electrons. The van der Waals surface area contributed by atoms with Crippen molar-refractivity contribution in [3.8, 4) is 5.69 Å². The third-order valence-corrected chi connectivity index (χ3v) is 5.11. The van der Waals surface area contributed by atoms with Crippen LogP contribution in [0.25, 0.3) is 5.69 Å². The minimum Gasteiger partial charge on any atom is -0.338 e. The first-order valence-corrected chi connectivity index (χ1v) is 9.55. The quantitative estimate of drug-likeness (QED) is 0.716. The van der Waals surface area contributed by atoms with Crippen LogP contribution in [0.2, 0.25) is 0 Å². The number of carbonyl (C=O) groups excluding carboxylic acids is 1. The highest BCUT2D eigenvalue weighted by molar-refractivity contribution is 5.76. The van der Waals surface area contributed by atoms with E-state index in [2.05, 4.69) is 84.5 Å². The second-order valence-electron chi connectivity index (χ2n) is 7.11. The van der Waals surface area contributed by atoms with Gasteiger partial charge in [-0.3, -0.25) is 0 Å². The molecule has 0 fully saturated rings. The number of benzene rings is 2. The molecule has 2 heterocycles. The van der Waals surface area contributed by atoms with E-state index in [0.29, 0.717) is 13.1 Å². The summed E-state index contributed by atoms with van der Waals surface area (Å²) in [7, 11) is 0. The van der Waals surface area contributed by atoms with Crippen LogP contribution >= 0.6 is 0 Å². The molecule has 0 radical (unpaired) electrons. The lowest BCUT2D eigenvalue weighted by molar-refractivity contribution is 0.180. The highest BCUT2D eigenvalue weighted by Gasteiger charge is 2.32. The van der Waals surface area contributed by atoms with Crippen molar-refractivity contribution in [1.29, 1.82) is 0 Å². The molecule has 3 aromatic rings. The average molecular weight is 359 g/mol. The topological polar surface area (TPSA) is 37.3 Å². The Balaban J connectivity index is 1.88. The van der Waals surface area contributed by atoms with E-state index in [0.717, 1.165) is 28.9 Å². The van der Waals surface area contributed by atoms with Crippen molar-refractivity contribution in [2.75, 3.05) is 6.54 Å². The number of fused-ring (bicyclic) bond motifs is 3. The van der Waals surface area contributed by atoms with Gasteiger partial charge < -0.3 is 14.8 Å². The molecule has 1 aliphatic rings. The maximum Gasteiger partial charge on any atom is 0.318 e. The second kappa shape index (κ2) is 7.31. The SMILES string of the molecule is CCCNC(=O)N1Cc2ccccc2-n2cccc2[C@@H]1c1cccc(C)c1. The molecule has 2 aromatic carbocycles. The zero-order valence-electron chi connectivity index (χ0n) is 15.9. The van der Waals surface area contributed by atoms with Crippen molar-refractivity contribution in [2.45, 2.75) is 32.9 Å². The summed E-state index contributed by atoms with van der Waals surface area (Å²) in [5, 5.41) is 3.08. The predicted octanol–water partition coefficient (Wildman–Crippen LogP) is 4.81. The van der Waals surface area contributed by atoms with E-state index in [1.807, 2.05) is 11.0 Å². The summed E-state index contributed by atoms with van der Waals surface area (Å²) in [5.74, 6) is 0. The van der Waals surface area contributed by atoms with Gasteiger partial charge in [0, 0.05) is 18.4 Å². The molecule has 4 nitrogen and oxygen atoms in total. The van der Waals surface area contributed by atoms with Gasteiger partial charge in [0.25, 0.3) is 0 Å². The van der Waals surface area contributed by atoms with Crippen LogP contribution in [0.15, 0.2) is 66.9 Å². The van der Waals surface area contributed by atoms with Gasteiger partial charge in [0.1, 0.15) is 0 Å². The maximum atomic E-state index is 13.1. The van der Waals surface area contributed by atoms with Gasteiger partial charge in [-0.15, -0.1) is 0 Å². The zero-order chi connectivity index (χ0) is 18.8. The van der Waals surface area contributed by atoms with Crippen molar-refractivity contribution < 1.29 is 4.79 Å². The summed E-state index contributed by atoms with van der Waals surface area (Å²) in [4.78, 5) is 15.1. The molecule has 0 bridgehead atoms. The number of nitrogens with one attached hydrogen (secondary N) is 1. The van der Waals surface area contributed by atoms with Crippen LogP contribution < -0.4 is 5.32 Å². The lowest BCUT2D eigenvalue weighted by atomic mass is 10.00. The van der Waals surface area contributed by atoms with Gasteiger partial charge in [-0.25, -0.2) is 4.79 Å². The number of carbonyl (C=O) groups is 1. The predicted molar refractivity (Wildman–Crippen MR) is 108 cm³/mol. The van der Waals surface area contributed by atoms with Gasteiger partial charge >= 0.3 is 6.03 Å². The van der Waals surface area contributed by atoms with Crippen molar-refractivity contribution in [2.24, 2.45) is 0 Å². The van der Waals surface area contributed by atoms with Crippen molar-refractivity contribution >= 4 is 6.03 Å². The summed E-state index contributed by atoms with van der Waals surface area (Å²) < 4.78 is 2.22. The number of aryl methyl sites for hydroxylation is 1. The fourth-order valence-corrected chi connectivity index (χ4v) is 3.86. The number of rotatable bonds is 3. The molecule has 27 heavy (non-hydrogen) atoms. The molecule has 4 heteroatoms. The van der Waals surface area contributed by atoms with Crippen LogP contribution in [-0.2, 0) is 6.54 Å². The molecule has 1 atom stereocenters. The number of urea groups is 1. The molecule has 0 spiro atoms. The Morgan fingerprint density at radius 2 is 1.96 bits per heavy atom. The molecular weight excluding hydrogens is 334 g/mol. The molecule has 1 N–H and O–H groups in total. The first-order chi connectivity index (χ1) is 13.2. The van der Waals surface area contributed by atoms with Gasteiger partial charge in [-0.05, 0) is 42.7 Å². The maximum absolute atomic E-state index is 13.1. The van der Waals surface area contributed by atoms with Crippen molar-refractivity contribution in [3.05, 3.63) is 89.2 Å². The first kappa shape index (κ1) is 17.4. The van der Waals surface area contributed by atoms with E-state index in [1.165, 1.54) is 5.56 Å². The fraction of sp³-hybridized carbons (Fsp3) is 0.261. The van der Waals surface area contributed by atoms with E-state index in [4.69, 9.17) is 0 Å². The number of aromatic nitrogens is 1. The molecule has 1 aliphatic heterocycles. The van der Waals surface area contributed by atoms with Gasteiger partial charge in [-0.2, -0.15) is 0 Å². The minimum absolute atomic E-state index is 0.0205. The number of hydrogen-bond acceptors (Lipinski definition) is 1. The zero-order valence-corrected chi connectivity index (χ0v) is 15.9. The normalized spacial score (nSPS) is 15.6. The molecular formula is C23H25N3O. The number of nitrogens with zero attached hydrogens (tertiary/aromatic N) is 2. The van der Waals surface area contributed by atoms with Crippen LogP contribution in [0.1, 0.15) is 41.8 Å². The Hall–Kier alpha value is -3.01. The number of amides is 2. The van der Waals surface area contributed by atoms with E-state index in [9.17, 15) is 4.79 Å². The van der Waals surface area contributed by atoms with E-state index in [1.54, 1.807) is 0 Å². The molecule has 1 aromatic heterocycles. The molecule has 0 saturated carbocycles. The highest BCUT2D eigenvalue weighted by atomic mass is 16.2. The summed E-state index contributed by atoms with van der Waals surface area (Å²) in [6, 6.07) is 20.8. The second-order valence-corrected chi connectivity index (χ2v) is 7.11. The van der Waals surface area contributed by atoms with Crippen LogP contribution in [-0.4, -0.2) is 22.0 Å². The van der Waals surface area contributed by atoms with Gasteiger partial charge in [0.15, 0.2) is 0 Å². The Morgan fingerprint density at radius 3 is 2.78 bits per heavy atom. The number of hydrogen-bond donors (Lipinski definition) is 1. The third kappa shape index (κ3) is 3.23. The summed E-state index contributed by atoms with van der Waals surface area (Å²) in [6.07, 6.45) is 3.01. The average Bonchev–Trinajstić information content (AvgIpc) is 3.10. The summed E-state index contributed by atoms with van der Waals surface area (Å²) >= 11 is 0. The first-order valence-electron chi connectivity index (χ1n) is 9.55. The van der Waals surface area contributed by atoms with Crippen LogP contribution in [0.3, 0.4) is 0 Å². The van der Waals surface area contributed by atoms with Gasteiger partial charge in [0.2, 0.25) is 0 Å². The Morgan fingerprint density at radius 1 is 1.11 bits per heavy atom. The smallest absolute Gasteiger partial charge is 0.318 e. The molecule has 0 saturated heterocycles. The fourth-order valence-electron chi connectivity index (χ4n) is 3.86. The van der Waals surface area contributed by atoms with E-state index < -0.39 is 0 Å². The highest BCUT2D eigenvalue weighted by Crippen LogP contribution is 2.36. The lowest BCUT2D eigenvalue weighted by Gasteiger charge is -2.31. The van der Waals surface area contributed by atoms with Crippen LogP contribution in [0, 0.1) is 6.92 Å². The number of para-hydroxylation sites is 1. The van der Waals surface area contributed by atoms with Crippen molar-refractivity contribution in [1.82, 2.24) is 14.8 Å². The minimum atomic E-state index is -0.135. The van der Waals surface area contributed by atoms with Crippen LogP contribution in [0.4, 0.5) is 4.79 Å². The largest absolute Gasteiger partial charge is 0.338 e. The molecule has 0 aliphatic carbocycles. The monoisotopic (exact) mass is 359 g/mol. The van der Waals surface area contributed by atoms with Crippen molar-refractivity contribution in [3.63, 3.8) is 0 Å². The molecule has 2 amide bonds.